The fraction of sp³-hybridized carbons (Fsp3) is 0.657. The molecule has 0 unspecified atom stereocenters. The Balaban J connectivity index is 1.58. The normalized spacial score (nSPS) is 22.4. The Bertz CT molecular complexity index is 1340. The van der Waals surface area contributed by atoms with Crippen LogP contribution in [-0.4, -0.2) is 89.5 Å². The van der Waals surface area contributed by atoms with E-state index in [2.05, 4.69) is 15.8 Å². The van der Waals surface area contributed by atoms with E-state index in [1.165, 1.54) is 0 Å². The molecule has 4 atom stereocenters. The van der Waals surface area contributed by atoms with Gasteiger partial charge in [-0.2, -0.15) is 0 Å². The molecule has 1 aromatic carbocycles. The number of urea groups is 1. The first kappa shape index (κ1) is 36.2. The summed E-state index contributed by atoms with van der Waals surface area (Å²) in [7, 11) is 1.70. The second kappa shape index (κ2) is 17.0. The lowest BCUT2D eigenvalue weighted by atomic mass is 9.88. The third kappa shape index (κ3) is 9.70. The molecule has 2 heterocycles. The maximum Gasteiger partial charge on any atom is 0.321 e. The zero-order valence-corrected chi connectivity index (χ0v) is 28.8. The van der Waals surface area contributed by atoms with Crippen molar-refractivity contribution < 1.29 is 33.5 Å². The van der Waals surface area contributed by atoms with E-state index in [1.807, 2.05) is 13.8 Å². The summed E-state index contributed by atoms with van der Waals surface area (Å²) < 4.78 is 17.9. The van der Waals surface area contributed by atoms with Crippen LogP contribution in [0.25, 0.3) is 0 Å². The van der Waals surface area contributed by atoms with Gasteiger partial charge in [0.2, 0.25) is 5.91 Å². The minimum absolute atomic E-state index is 0.0241. The SMILES string of the molecule is Cc1noc(C)c1NC(=O)N(C)C[C@@H]1OCCCC[C@@H](C)Oc2ccc(NC(=O)C3CCCCC3)cc2C(=O)N([C@@H](C)CO)C[C@@H]1C. The summed E-state index contributed by atoms with van der Waals surface area (Å²) >= 11 is 0. The average molecular weight is 656 g/mol. The summed E-state index contributed by atoms with van der Waals surface area (Å²) in [6.45, 7) is 10.1. The predicted octanol–water partition coefficient (Wildman–Crippen LogP) is 5.77. The van der Waals surface area contributed by atoms with Crippen LogP contribution >= 0.6 is 0 Å². The number of aliphatic hydroxyl groups is 1. The predicted molar refractivity (Wildman–Crippen MR) is 180 cm³/mol. The number of aromatic nitrogens is 1. The number of anilines is 2. The van der Waals surface area contributed by atoms with E-state index >= 15 is 0 Å². The molecule has 1 aromatic heterocycles. The molecule has 260 valence electrons. The Morgan fingerprint density at radius 2 is 1.81 bits per heavy atom. The highest BCUT2D eigenvalue weighted by atomic mass is 16.5. The summed E-state index contributed by atoms with van der Waals surface area (Å²) in [4.78, 5) is 43.8. The van der Waals surface area contributed by atoms with Crippen LogP contribution in [0.2, 0.25) is 0 Å². The van der Waals surface area contributed by atoms with Crippen molar-refractivity contribution >= 4 is 29.2 Å². The molecule has 0 spiro atoms. The molecule has 0 radical (unpaired) electrons. The minimum atomic E-state index is -0.509. The van der Waals surface area contributed by atoms with E-state index in [4.69, 9.17) is 14.0 Å². The molecule has 1 aliphatic carbocycles. The lowest BCUT2D eigenvalue weighted by molar-refractivity contribution is -0.120. The molecule has 1 aliphatic heterocycles. The quantitative estimate of drug-likeness (QED) is 0.341. The van der Waals surface area contributed by atoms with E-state index in [-0.39, 0.29) is 55.5 Å². The Morgan fingerprint density at radius 1 is 1.09 bits per heavy atom. The van der Waals surface area contributed by atoms with Crippen molar-refractivity contribution in [3.8, 4) is 5.75 Å². The number of rotatable bonds is 7. The maximum absolute atomic E-state index is 14.4. The number of ether oxygens (including phenoxy) is 2. The molecule has 12 nitrogen and oxygen atoms in total. The zero-order valence-electron chi connectivity index (χ0n) is 28.8. The van der Waals surface area contributed by atoms with Gasteiger partial charge in [-0.25, -0.2) is 4.79 Å². The second-order valence-corrected chi connectivity index (χ2v) is 13.3. The number of fused-ring (bicyclic) bond motifs is 1. The number of hydrogen-bond donors (Lipinski definition) is 3. The molecule has 2 aliphatic rings. The van der Waals surface area contributed by atoms with Crippen molar-refractivity contribution in [2.24, 2.45) is 11.8 Å². The molecule has 3 N–H and O–H groups in total. The van der Waals surface area contributed by atoms with Gasteiger partial charge >= 0.3 is 6.03 Å². The molecule has 0 saturated heterocycles. The van der Waals surface area contributed by atoms with Gasteiger partial charge in [0.1, 0.15) is 17.1 Å². The summed E-state index contributed by atoms with van der Waals surface area (Å²) in [6, 6.07) is 4.41. The number of nitrogens with one attached hydrogen (secondary N) is 2. The van der Waals surface area contributed by atoms with Crippen LogP contribution in [0.5, 0.6) is 5.75 Å². The molecule has 1 fully saturated rings. The number of carbonyl (C=O) groups is 3. The Labute approximate surface area is 278 Å². The summed E-state index contributed by atoms with van der Waals surface area (Å²) in [6.07, 6.45) is 6.86. The van der Waals surface area contributed by atoms with Crippen LogP contribution in [-0.2, 0) is 9.53 Å². The van der Waals surface area contributed by atoms with Crippen LogP contribution in [0.15, 0.2) is 22.7 Å². The number of benzene rings is 1. The Hall–Kier alpha value is -3.64. The number of carbonyl (C=O) groups excluding carboxylic acids is 3. The molecule has 4 amide bonds. The van der Waals surface area contributed by atoms with Crippen LogP contribution in [0.4, 0.5) is 16.2 Å². The molecular formula is C35H53N5O7. The largest absolute Gasteiger partial charge is 0.490 e. The van der Waals surface area contributed by atoms with Gasteiger partial charge in [-0.15, -0.1) is 0 Å². The van der Waals surface area contributed by atoms with Crippen molar-refractivity contribution in [3.63, 3.8) is 0 Å². The summed E-state index contributed by atoms with van der Waals surface area (Å²) in [5.74, 6) is 0.398. The fourth-order valence-corrected chi connectivity index (χ4v) is 6.29. The van der Waals surface area contributed by atoms with E-state index < -0.39 is 12.1 Å². The van der Waals surface area contributed by atoms with Crippen molar-refractivity contribution in [3.05, 3.63) is 35.2 Å². The van der Waals surface area contributed by atoms with Crippen LogP contribution in [0.1, 0.15) is 93.9 Å². The monoisotopic (exact) mass is 655 g/mol. The highest BCUT2D eigenvalue weighted by molar-refractivity contribution is 6.00. The lowest BCUT2D eigenvalue weighted by Crippen LogP contribution is -2.48. The van der Waals surface area contributed by atoms with Gasteiger partial charge in [0, 0.05) is 44.3 Å². The van der Waals surface area contributed by atoms with Gasteiger partial charge < -0.3 is 39.5 Å². The van der Waals surface area contributed by atoms with E-state index in [0.29, 0.717) is 40.7 Å². The number of likely N-dealkylation sites (N-methyl/N-ethyl adjacent to an activating group) is 1. The smallest absolute Gasteiger partial charge is 0.321 e. The number of hydrogen-bond acceptors (Lipinski definition) is 8. The van der Waals surface area contributed by atoms with Gasteiger partial charge in [0.15, 0.2) is 5.76 Å². The highest BCUT2D eigenvalue weighted by Crippen LogP contribution is 2.30. The third-order valence-corrected chi connectivity index (χ3v) is 9.36. The van der Waals surface area contributed by atoms with E-state index in [9.17, 15) is 19.5 Å². The molecule has 47 heavy (non-hydrogen) atoms. The van der Waals surface area contributed by atoms with Gasteiger partial charge in [-0.1, -0.05) is 31.3 Å². The highest BCUT2D eigenvalue weighted by Gasteiger charge is 2.31. The first-order chi connectivity index (χ1) is 22.5. The average Bonchev–Trinajstić information content (AvgIpc) is 3.38. The van der Waals surface area contributed by atoms with Crippen LogP contribution in [0, 0.1) is 25.7 Å². The Kier molecular flexibility index (Phi) is 13.1. The van der Waals surface area contributed by atoms with Gasteiger partial charge in [-0.05, 0) is 78.0 Å². The molecular weight excluding hydrogens is 602 g/mol. The van der Waals surface area contributed by atoms with Gasteiger partial charge in [0.05, 0.1) is 30.4 Å². The first-order valence-corrected chi connectivity index (χ1v) is 17.1. The van der Waals surface area contributed by atoms with Crippen LogP contribution < -0.4 is 15.4 Å². The number of amides is 4. The topological polar surface area (TPSA) is 146 Å². The van der Waals surface area contributed by atoms with Crippen LogP contribution in [0.3, 0.4) is 0 Å². The Morgan fingerprint density at radius 3 is 2.49 bits per heavy atom. The molecule has 2 aromatic rings. The zero-order chi connectivity index (χ0) is 34.1. The molecule has 4 rings (SSSR count). The molecule has 1 saturated carbocycles. The summed E-state index contributed by atoms with van der Waals surface area (Å²) in [5.41, 5.74) is 2.01. The van der Waals surface area contributed by atoms with Crippen molar-refractivity contribution in [2.45, 2.75) is 104 Å². The van der Waals surface area contributed by atoms with Gasteiger partial charge in [0.25, 0.3) is 5.91 Å². The van der Waals surface area contributed by atoms with E-state index in [1.54, 1.807) is 55.8 Å². The van der Waals surface area contributed by atoms with E-state index in [0.717, 1.165) is 51.4 Å². The number of nitrogens with zero attached hydrogens (tertiary/aromatic N) is 3. The lowest BCUT2D eigenvalue weighted by Gasteiger charge is -2.35. The summed E-state index contributed by atoms with van der Waals surface area (Å²) in [5, 5.41) is 20.1. The standard InChI is InChI=1S/C35H53N5O7/c1-22-19-40(23(2)21-41)34(43)29-18-28(36-33(42)27-13-8-7-9-14-27)15-16-30(29)46-24(3)12-10-11-17-45-31(22)20-39(6)35(44)37-32-25(4)38-47-26(32)5/h15-16,18,22-24,27,31,41H,7-14,17,19-21H2,1-6H3,(H,36,42)(H,37,44)/t22-,23-,24+,31-/m0/s1. The van der Waals surface area contributed by atoms with Gasteiger partial charge in [-0.3, -0.25) is 9.59 Å². The van der Waals surface area contributed by atoms with Crippen molar-refractivity contribution in [1.29, 1.82) is 0 Å². The third-order valence-electron chi connectivity index (χ3n) is 9.36. The molecule has 12 heteroatoms. The van der Waals surface area contributed by atoms with Crippen molar-refractivity contribution in [2.75, 3.05) is 44.0 Å². The second-order valence-electron chi connectivity index (χ2n) is 13.3. The maximum atomic E-state index is 14.4. The fourth-order valence-electron chi connectivity index (χ4n) is 6.29. The van der Waals surface area contributed by atoms with Crippen molar-refractivity contribution in [1.82, 2.24) is 15.0 Å². The molecule has 0 bridgehead atoms. The first-order valence-electron chi connectivity index (χ1n) is 17.1. The number of aliphatic hydroxyl groups excluding tert-OH is 1. The number of aryl methyl sites for hydroxylation is 2. The minimum Gasteiger partial charge on any atom is -0.490 e.